The first-order chi connectivity index (χ1) is 11.6. The van der Waals surface area contributed by atoms with Gasteiger partial charge in [-0.2, -0.15) is 0 Å². The minimum atomic E-state index is 1.00. The Morgan fingerprint density at radius 2 is 0.875 bits per heavy atom. The van der Waals surface area contributed by atoms with Gasteiger partial charge in [0.2, 0.25) is 0 Å². The van der Waals surface area contributed by atoms with Crippen LogP contribution in [-0.4, -0.2) is 10.2 Å². The summed E-state index contributed by atoms with van der Waals surface area (Å²) in [5, 5.41) is 1.47. The summed E-state index contributed by atoms with van der Waals surface area (Å²) in [6, 6.07) is 26.2. The molecule has 0 fully saturated rings. The monoisotopic (exact) mass is 328 g/mol. The first-order valence-electron chi connectivity index (χ1n) is 8.48. The van der Waals surface area contributed by atoms with E-state index in [2.05, 4.69) is 93.6 Å². The van der Waals surface area contributed by atoms with Gasteiger partial charge in [-0.3, -0.25) is 0 Å². The second-order valence-corrected chi connectivity index (χ2v) is 7.44. The molecule has 0 unspecified atom stereocenters. The minimum absolute atomic E-state index is 1.00. The summed E-state index contributed by atoms with van der Waals surface area (Å²) >= 11 is 0. The summed E-state index contributed by atoms with van der Waals surface area (Å²) in [5.74, 6) is 0. The average molecular weight is 329 g/mol. The second-order valence-electron chi connectivity index (χ2n) is 6.44. The molecule has 0 saturated carbocycles. The molecule has 0 radical (unpaired) electrons. The van der Waals surface area contributed by atoms with Gasteiger partial charge in [-0.15, -0.1) is 0 Å². The van der Waals surface area contributed by atoms with Crippen molar-refractivity contribution < 1.29 is 0 Å². The van der Waals surface area contributed by atoms with Gasteiger partial charge < -0.3 is 0 Å². The van der Waals surface area contributed by atoms with Crippen molar-refractivity contribution in [3.05, 3.63) is 106 Å². The first kappa shape index (κ1) is 16.5. The van der Waals surface area contributed by atoms with E-state index in [-0.39, 0.29) is 0 Å². The van der Waals surface area contributed by atoms with Crippen molar-refractivity contribution in [2.24, 2.45) is 0 Å². The molecule has 24 heavy (non-hydrogen) atoms. The molecule has 0 aliphatic heterocycles. The van der Waals surface area contributed by atoms with Gasteiger partial charge in [0.25, 0.3) is 0 Å². The second kappa shape index (κ2) is 7.02. The van der Waals surface area contributed by atoms with Crippen LogP contribution in [0.4, 0.5) is 0 Å². The SMILES string of the molecule is Cc1ccccc1C([SiH3])=C(c1ccccc1C)c1ccccc1C. The third-order valence-electron chi connectivity index (χ3n) is 4.75. The Bertz CT molecular complexity index is 856. The summed E-state index contributed by atoms with van der Waals surface area (Å²) in [6.07, 6.45) is 0. The van der Waals surface area contributed by atoms with E-state index in [4.69, 9.17) is 0 Å². The van der Waals surface area contributed by atoms with Gasteiger partial charge in [0.15, 0.2) is 0 Å². The molecule has 0 heterocycles. The lowest BCUT2D eigenvalue weighted by Crippen LogP contribution is -2.00. The van der Waals surface area contributed by atoms with E-state index < -0.39 is 0 Å². The van der Waals surface area contributed by atoms with E-state index in [0.717, 1.165) is 10.2 Å². The zero-order chi connectivity index (χ0) is 17.1. The lowest BCUT2D eigenvalue weighted by molar-refractivity contribution is 1.37. The van der Waals surface area contributed by atoms with Gasteiger partial charge in [0.05, 0.1) is 0 Å². The molecule has 120 valence electrons. The Labute approximate surface area is 148 Å². The third kappa shape index (κ3) is 3.13. The maximum Gasteiger partial charge on any atom is 0.0401 e. The predicted octanol–water partition coefficient (Wildman–Crippen LogP) is 4.89. The Morgan fingerprint density at radius 1 is 0.542 bits per heavy atom. The van der Waals surface area contributed by atoms with E-state index in [1.165, 1.54) is 44.2 Å². The molecule has 3 aromatic carbocycles. The van der Waals surface area contributed by atoms with Gasteiger partial charge in [-0.05, 0) is 59.7 Å². The zero-order valence-corrected chi connectivity index (χ0v) is 16.9. The van der Waals surface area contributed by atoms with Gasteiger partial charge >= 0.3 is 0 Å². The molecule has 0 aromatic heterocycles. The zero-order valence-electron chi connectivity index (χ0n) is 14.9. The van der Waals surface area contributed by atoms with Crippen LogP contribution in [0.3, 0.4) is 0 Å². The molecule has 1 heteroatoms. The topological polar surface area (TPSA) is 0 Å². The molecule has 0 bridgehead atoms. The molecule has 0 amide bonds. The summed E-state index contributed by atoms with van der Waals surface area (Å²) < 4.78 is 0. The van der Waals surface area contributed by atoms with Crippen LogP contribution in [0.15, 0.2) is 72.8 Å². The fraction of sp³-hybridized carbons (Fsp3) is 0.130. The Hall–Kier alpha value is -2.38. The van der Waals surface area contributed by atoms with Crippen molar-refractivity contribution in [2.45, 2.75) is 20.8 Å². The molecule has 3 rings (SSSR count). The summed E-state index contributed by atoms with van der Waals surface area (Å²) in [5.41, 5.74) is 9.48. The number of hydrogen-bond acceptors (Lipinski definition) is 0. The maximum atomic E-state index is 2.26. The fourth-order valence-electron chi connectivity index (χ4n) is 3.38. The molecule has 0 aliphatic carbocycles. The molecule has 0 saturated heterocycles. The van der Waals surface area contributed by atoms with E-state index in [0.29, 0.717) is 0 Å². The largest absolute Gasteiger partial charge is 0.0620 e. The highest BCUT2D eigenvalue weighted by Crippen LogP contribution is 2.34. The van der Waals surface area contributed by atoms with Crippen molar-refractivity contribution in [2.75, 3.05) is 0 Å². The van der Waals surface area contributed by atoms with Crippen molar-refractivity contribution in [1.82, 2.24) is 0 Å². The fourth-order valence-corrected chi connectivity index (χ4v) is 4.48. The number of hydrogen-bond donors (Lipinski definition) is 0. The van der Waals surface area contributed by atoms with E-state index >= 15 is 0 Å². The van der Waals surface area contributed by atoms with Crippen LogP contribution in [0, 0.1) is 20.8 Å². The van der Waals surface area contributed by atoms with Crippen molar-refractivity contribution >= 4 is 21.0 Å². The Kier molecular flexibility index (Phi) is 4.82. The molecule has 0 spiro atoms. The van der Waals surface area contributed by atoms with Crippen molar-refractivity contribution in [3.63, 3.8) is 0 Å². The normalized spacial score (nSPS) is 10.6. The molecule has 0 atom stereocenters. The molecular weight excluding hydrogens is 304 g/mol. The number of benzene rings is 3. The number of aryl methyl sites for hydroxylation is 3. The van der Waals surface area contributed by atoms with Crippen LogP contribution in [-0.2, 0) is 0 Å². The Morgan fingerprint density at radius 3 is 1.25 bits per heavy atom. The summed E-state index contributed by atoms with van der Waals surface area (Å²) in [6.45, 7) is 6.63. The summed E-state index contributed by atoms with van der Waals surface area (Å²) in [7, 11) is 1.00. The van der Waals surface area contributed by atoms with Crippen LogP contribution < -0.4 is 0 Å². The van der Waals surface area contributed by atoms with Crippen LogP contribution in [0.1, 0.15) is 33.4 Å². The smallest absolute Gasteiger partial charge is 0.0401 e. The van der Waals surface area contributed by atoms with Gasteiger partial charge in [0.1, 0.15) is 0 Å². The molecule has 0 aliphatic rings. The van der Waals surface area contributed by atoms with Crippen LogP contribution in [0.25, 0.3) is 10.8 Å². The first-order valence-corrected chi connectivity index (χ1v) is 9.48. The highest BCUT2D eigenvalue weighted by Gasteiger charge is 2.14. The van der Waals surface area contributed by atoms with Crippen LogP contribution in [0.2, 0.25) is 0 Å². The molecule has 3 aromatic rings. The summed E-state index contributed by atoms with van der Waals surface area (Å²) in [4.78, 5) is 0. The minimum Gasteiger partial charge on any atom is -0.0620 e. The highest BCUT2D eigenvalue weighted by molar-refractivity contribution is 6.48. The maximum absolute atomic E-state index is 2.26. The molecular formula is C23H24Si. The lowest BCUT2D eigenvalue weighted by Gasteiger charge is -2.19. The van der Waals surface area contributed by atoms with E-state index in [9.17, 15) is 0 Å². The van der Waals surface area contributed by atoms with E-state index in [1.807, 2.05) is 0 Å². The third-order valence-corrected chi connectivity index (χ3v) is 5.79. The van der Waals surface area contributed by atoms with Crippen molar-refractivity contribution in [1.29, 1.82) is 0 Å². The van der Waals surface area contributed by atoms with Gasteiger partial charge in [-0.1, -0.05) is 78.0 Å². The van der Waals surface area contributed by atoms with Crippen LogP contribution in [0.5, 0.6) is 0 Å². The lowest BCUT2D eigenvalue weighted by atomic mass is 9.89. The quantitative estimate of drug-likeness (QED) is 0.474. The van der Waals surface area contributed by atoms with Crippen molar-refractivity contribution in [3.8, 4) is 0 Å². The highest BCUT2D eigenvalue weighted by atomic mass is 28.1. The van der Waals surface area contributed by atoms with E-state index in [1.54, 1.807) is 0 Å². The Balaban J connectivity index is 2.36. The van der Waals surface area contributed by atoms with Crippen LogP contribution >= 0.6 is 0 Å². The molecule has 0 nitrogen and oxygen atoms in total. The molecule has 0 N–H and O–H groups in total. The number of rotatable bonds is 3. The van der Waals surface area contributed by atoms with Gasteiger partial charge in [0, 0.05) is 10.2 Å². The standard InChI is InChI=1S/C23H24Si/c1-16-10-4-7-13-19(16)22(20-14-8-5-11-17(20)2)23(24)21-15-9-6-12-18(21)3/h4-15H,1-3,24H3. The average Bonchev–Trinajstić information content (AvgIpc) is 2.58. The predicted molar refractivity (Wildman–Crippen MR) is 109 cm³/mol. The van der Waals surface area contributed by atoms with Gasteiger partial charge in [-0.25, -0.2) is 0 Å².